The number of hydrogen-bond acceptors (Lipinski definition) is 5. The van der Waals surface area contributed by atoms with Crippen LogP contribution in [-0.2, 0) is 16.9 Å². The molecule has 1 aliphatic carbocycles. The Hall–Kier alpha value is -4.46. The van der Waals surface area contributed by atoms with Crippen LogP contribution in [0.1, 0.15) is 36.0 Å². The monoisotopic (exact) mass is 634 g/mol. The molecule has 2 aliphatic rings. The molecule has 7 rings (SSSR count). The van der Waals surface area contributed by atoms with E-state index in [1.807, 2.05) is 42.5 Å². The molecule has 6 nitrogen and oxygen atoms in total. The predicted octanol–water partition coefficient (Wildman–Crippen LogP) is 8.17. The Labute approximate surface area is 273 Å². The zero-order valence-corrected chi connectivity index (χ0v) is 26.3. The maximum atomic E-state index is 13.4. The van der Waals surface area contributed by atoms with Crippen LogP contribution in [0.2, 0.25) is 5.02 Å². The first-order chi connectivity index (χ1) is 22.5. The lowest BCUT2D eigenvalue weighted by atomic mass is 9.86. The number of benzene rings is 4. The highest BCUT2D eigenvalue weighted by atomic mass is 35.5. The summed E-state index contributed by atoms with van der Waals surface area (Å²) in [6, 6.07) is 32.5. The second kappa shape index (κ2) is 13.1. The maximum absolute atomic E-state index is 13.4. The van der Waals surface area contributed by atoms with Crippen LogP contribution in [-0.4, -0.2) is 48.7 Å². The molecule has 0 atom stereocenters. The molecule has 0 unspecified atom stereocenters. The molecule has 46 heavy (non-hydrogen) atoms. The number of aromatic nitrogens is 1. The molecular formula is C38H36ClFN4O2. The van der Waals surface area contributed by atoms with Crippen molar-refractivity contribution in [3.05, 3.63) is 131 Å². The van der Waals surface area contributed by atoms with E-state index in [1.165, 1.54) is 12.1 Å². The third-order valence-corrected chi connectivity index (χ3v) is 9.57. The van der Waals surface area contributed by atoms with Gasteiger partial charge in [-0.15, -0.1) is 0 Å². The average Bonchev–Trinajstić information content (AvgIpc) is 3.36. The molecule has 8 heteroatoms. The van der Waals surface area contributed by atoms with Gasteiger partial charge in [-0.3, -0.25) is 4.90 Å². The van der Waals surface area contributed by atoms with E-state index in [4.69, 9.17) is 21.3 Å². The van der Waals surface area contributed by atoms with Gasteiger partial charge in [0, 0.05) is 54.3 Å². The summed E-state index contributed by atoms with van der Waals surface area (Å²) in [5.74, 6) is 0.684. The summed E-state index contributed by atoms with van der Waals surface area (Å²) in [5, 5.41) is 4.60. The van der Waals surface area contributed by atoms with Crippen LogP contribution < -0.4 is 10.2 Å². The fourth-order valence-electron chi connectivity index (χ4n) is 6.88. The summed E-state index contributed by atoms with van der Waals surface area (Å²) in [6.07, 6.45) is 2.06. The molecule has 0 bridgehead atoms. The van der Waals surface area contributed by atoms with Gasteiger partial charge in [-0.1, -0.05) is 78.3 Å². The maximum Gasteiger partial charge on any atom is 0.408 e. The van der Waals surface area contributed by atoms with E-state index < -0.39 is 11.7 Å². The van der Waals surface area contributed by atoms with Crippen molar-refractivity contribution in [1.29, 1.82) is 0 Å². The Balaban J connectivity index is 1.00. The topological polar surface area (TPSA) is 57.7 Å². The average molecular weight is 635 g/mol. The van der Waals surface area contributed by atoms with Crippen LogP contribution >= 0.6 is 11.6 Å². The van der Waals surface area contributed by atoms with Gasteiger partial charge in [0.1, 0.15) is 11.6 Å². The SMILES string of the molecule is O=C(NCc1ccc(F)cc1)OC1(CCCCN2CCN(c3ccc4c(Cl)cccc4n3)CC2)c2ccccc2-c2ccccc21. The summed E-state index contributed by atoms with van der Waals surface area (Å²) in [4.78, 5) is 23.1. The van der Waals surface area contributed by atoms with E-state index >= 15 is 0 Å². The van der Waals surface area contributed by atoms with Crippen molar-refractivity contribution in [3.63, 3.8) is 0 Å². The second-order valence-corrected chi connectivity index (χ2v) is 12.5. The van der Waals surface area contributed by atoms with Crippen LogP contribution in [0.15, 0.2) is 103 Å². The highest BCUT2D eigenvalue weighted by molar-refractivity contribution is 6.35. The molecule has 1 aliphatic heterocycles. The summed E-state index contributed by atoms with van der Waals surface area (Å²) in [7, 11) is 0. The lowest BCUT2D eigenvalue weighted by Crippen LogP contribution is -2.47. The number of carbonyl (C=O) groups is 1. The minimum Gasteiger partial charge on any atom is -0.433 e. The number of anilines is 1. The van der Waals surface area contributed by atoms with Gasteiger partial charge in [-0.05, 0) is 78.9 Å². The van der Waals surface area contributed by atoms with Crippen LogP contribution in [0, 0.1) is 5.82 Å². The van der Waals surface area contributed by atoms with Gasteiger partial charge in [-0.25, -0.2) is 14.2 Å². The highest BCUT2D eigenvalue weighted by Crippen LogP contribution is 2.52. The van der Waals surface area contributed by atoms with Gasteiger partial charge >= 0.3 is 6.09 Å². The van der Waals surface area contributed by atoms with Crippen molar-refractivity contribution < 1.29 is 13.9 Å². The van der Waals surface area contributed by atoms with Crippen molar-refractivity contribution >= 4 is 34.4 Å². The summed E-state index contributed by atoms with van der Waals surface area (Å²) < 4.78 is 19.8. The summed E-state index contributed by atoms with van der Waals surface area (Å²) >= 11 is 6.34. The fraction of sp³-hybridized carbons (Fsp3) is 0.263. The number of nitrogens with zero attached hydrogens (tertiary/aromatic N) is 3. The lowest BCUT2D eigenvalue weighted by Gasteiger charge is -2.36. The Morgan fingerprint density at radius 1 is 0.826 bits per heavy atom. The number of alkyl carbamates (subject to hydrolysis) is 1. The Kier molecular flexibility index (Phi) is 8.61. The minimum atomic E-state index is -0.886. The molecule has 1 N–H and O–H groups in total. The number of amides is 1. The second-order valence-electron chi connectivity index (χ2n) is 12.0. The number of hydrogen-bond donors (Lipinski definition) is 1. The molecule has 2 heterocycles. The van der Waals surface area contributed by atoms with E-state index in [0.717, 1.165) is 95.1 Å². The zero-order chi connectivity index (χ0) is 31.5. The molecule has 1 amide bonds. The highest BCUT2D eigenvalue weighted by Gasteiger charge is 2.46. The van der Waals surface area contributed by atoms with Crippen molar-refractivity contribution in [2.75, 3.05) is 37.6 Å². The van der Waals surface area contributed by atoms with E-state index in [1.54, 1.807) is 12.1 Å². The van der Waals surface area contributed by atoms with Crippen molar-refractivity contribution in [1.82, 2.24) is 15.2 Å². The van der Waals surface area contributed by atoms with Gasteiger partial charge in [0.2, 0.25) is 0 Å². The van der Waals surface area contributed by atoms with Crippen molar-refractivity contribution in [2.24, 2.45) is 0 Å². The van der Waals surface area contributed by atoms with Gasteiger partial charge in [0.15, 0.2) is 5.60 Å². The summed E-state index contributed by atoms with van der Waals surface area (Å²) in [5.41, 5.74) is 5.08. The van der Waals surface area contributed by atoms with Gasteiger partial charge in [0.25, 0.3) is 0 Å². The molecule has 1 fully saturated rings. The molecule has 0 saturated carbocycles. The molecule has 234 valence electrons. The van der Waals surface area contributed by atoms with Crippen LogP contribution in [0.4, 0.5) is 15.0 Å². The Morgan fingerprint density at radius 3 is 2.24 bits per heavy atom. The third kappa shape index (κ3) is 6.05. The number of nitrogens with one attached hydrogen (secondary N) is 1. The molecule has 4 aromatic carbocycles. The Morgan fingerprint density at radius 2 is 1.52 bits per heavy atom. The van der Waals surface area contributed by atoms with Gasteiger partial charge in [-0.2, -0.15) is 0 Å². The van der Waals surface area contributed by atoms with E-state index in [9.17, 15) is 9.18 Å². The van der Waals surface area contributed by atoms with Gasteiger partial charge in [0.05, 0.1) is 5.52 Å². The smallest absolute Gasteiger partial charge is 0.408 e. The molecule has 1 saturated heterocycles. The first kappa shape index (κ1) is 30.2. The van der Waals surface area contributed by atoms with E-state index in [2.05, 4.69) is 51.5 Å². The molecule has 0 radical (unpaired) electrons. The third-order valence-electron chi connectivity index (χ3n) is 9.24. The van der Waals surface area contributed by atoms with Gasteiger partial charge < -0.3 is 15.0 Å². The Bertz CT molecular complexity index is 1810. The van der Waals surface area contributed by atoms with Crippen LogP contribution in [0.25, 0.3) is 22.0 Å². The normalized spacial score (nSPS) is 15.4. The largest absolute Gasteiger partial charge is 0.433 e. The first-order valence-corrected chi connectivity index (χ1v) is 16.3. The number of rotatable bonds is 9. The number of fused-ring (bicyclic) bond motifs is 4. The number of pyridine rings is 1. The summed E-state index contributed by atoms with van der Waals surface area (Å²) in [6.45, 7) is 5.00. The van der Waals surface area contributed by atoms with Crippen LogP contribution in [0.3, 0.4) is 0 Å². The number of halogens is 2. The fourth-order valence-corrected chi connectivity index (χ4v) is 7.11. The zero-order valence-electron chi connectivity index (χ0n) is 25.6. The molecule has 0 spiro atoms. The quantitative estimate of drug-likeness (QED) is 0.166. The first-order valence-electron chi connectivity index (χ1n) is 15.9. The standard InChI is InChI=1S/C38H36ClFN4O2/c39-34-12-7-13-35-31(34)18-19-36(42-35)44-24-22-43(23-25-44)21-6-5-20-38(46-37(45)41-26-27-14-16-28(40)17-15-27)32-10-3-1-8-29(32)30-9-2-4-11-33(30)38/h1-4,7-19H,5-6,20-26H2,(H,41,45). The van der Waals surface area contributed by atoms with Crippen molar-refractivity contribution in [2.45, 2.75) is 31.4 Å². The molecular weight excluding hydrogens is 599 g/mol. The lowest BCUT2D eigenvalue weighted by molar-refractivity contribution is 0.0325. The molecule has 1 aromatic heterocycles. The molecule has 5 aromatic rings. The number of ether oxygens (including phenoxy) is 1. The number of piperazine rings is 1. The van der Waals surface area contributed by atoms with E-state index in [-0.39, 0.29) is 12.4 Å². The van der Waals surface area contributed by atoms with E-state index in [0.29, 0.717) is 6.42 Å². The van der Waals surface area contributed by atoms with Crippen LogP contribution in [0.5, 0.6) is 0 Å². The number of unbranched alkanes of at least 4 members (excludes halogenated alkanes) is 1. The predicted molar refractivity (Wildman–Crippen MR) is 182 cm³/mol. The van der Waals surface area contributed by atoms with Crippen molar-refractivity contribution in [3.8, 4) is 11.1 Å². The minimum absolute atomic E-state index is 0.257. The number of carbonyl (C=O) groups excluding carboxylic acids is 1.